The van der Waals surface area contributed by atoms with Crippen molar-refractivity contribution in [1.29, 1.82) is 0 Å². The Hall–Kier alpha value is -1.66. The molecule has 0 spiro atoms. The number of anilines is 1. The summed E-state index contributed by atoms with van der Waals surface area (Å²) < 4.78 is 0. The number of carbonyl (C=O) groups is 1. The number of carboxylic acid groups (broad SMARTS) is 1. The van der Waals surface area contributed by atoms with E-state index >= 15 is 0 Å². The number of carboxylic acids is 1. The first-order valence-electron chi connectivity index (χ1n) is 4.25. The first-order chi connectivity index (χ1) is 7.18. The molecule has 0 aliphatic rings. The highest BCUT2D eigenvalue weighted by molar-refractivity contribution is 7.80. The van der Waals surface area contributed by atoms with Crippen LogP contribution in [0.15, 0.2) is 30.3 Å². The average molecular weight is 225 g/mol. The number of para-hydroxylation sites is 1. The molecule has 0 fully saturated rings. The number of aliphatic carboxylic acids is 1. The number of hydrogen-bond acceptors (Lipinski definition) is 3. The largest absolute Gasteiger partial charge is 0.480 e. The third kappa shape index (κ3) is 4.94. The van der Waals surface area contributed by atoms with Crippen LogP contribution in [0.1, 0.15) is 0 Å². The summed E-state index contributed by atoms with van der Waals surface area (Å²) in [5, 5.41) is 11.6. The van der Waals surface area contributed by atoms with Gasteiger partial charge in [-0.05, 0) is 24.4 Å². The van der Waals surface area contributed by atoms with Crippen LogP contribution in [0, 0.1) is 0 Å². The van der Waals surface area contributed by atoms with Crippen LogP contribution in [0.3, 0.4) is 0 Å². The Morgan fingerprint density at radius 1 is 1.33 bits per heavy atom. The second kappa shape index (κ2) is 5.94. The Balaban J connectivity index is 2.28. The van der Waals surface area contributed by atoms with Crippen molar-refractivity contribution in [2.75, 3.05) is 11.9 Å². The Morgan fingerprint density at radius 2 is 2.00 bits per heavy atom. The van der Waals surface area contributed by atoms with Crippen molar-refractivity contribution in [2.45, 2.75) is 0 Å². The molecule has 15 heavy (non-hydrogen) atoms. The van der Waals surface area contributed by atoms with E-state index in [1.165, 1.54) is 0 Å². The molecule has 0 bridgehead atoms. The van der Waals surface area contributed by atoms with E-state index in [9.17, 15) is 4.79 Å². The zero-order valence-corrected chi connectivity index (χ0v) is 8.67. The maximum atomic E-state index is 10.2. The maximum absolute atomic E-state index is 10.2. The van der Waals surface area contributed by atoms with Gasteiger partial charge in [-0.2, -0.15) is 0 Å². The van der Waals surface area contributed by atoms with E-state index < -0.39 is 5.97 Å². The summed E-state index contributed by atoms with van der Waals surface area (Å²) in [5.41, 5.74) is 5.84. The molecular formula is C9H11N3O2S. The molecule has 0 radical (unpaired) electrons. The first kappa shape index (κ1) is 11.4. The van der Waals surface area contributed by atoms with Crippen LogP contribution < -0.4 is 16.2 Å². The molecule has 0 aliphatic heterocycles. The van der Waals surface area contributed by atoms with Crippen LogP contribution in [0.5, 0.6) is 0 Å². The van der Waals surface area contributed by atoms with Gasteiger partial charge in [-0.25, -0.2) is 5.43 Å². The quantitative estimate of drug-likeness (QED) is 0.443. The summed E-state index contributed by atoms with van der Waals surface area (Å²) in [4.78, 5) is 10.2. The van der Waals surface area contributed by atoms with Gasteiger partial charge in [-0.15, -0.1) is 0 Å². The molecule has 1 aromatic rings. The minimum atomic E-state index is -0.954. The summed E-state index contributed by atoms with van der Waals surface area (Å²) in [6, 6.07) is 9.34. The van der Waals surface area contributed by atoms with Gasteiger partial charge in [0.25, 0.3) is 0 Å². The summed E-state index contributed by atoms with van der Waals surface area (Å²) in [6.07, 6.45) is 0. The Kier molecular flexibility index (Phi) is 4.52. The van der Waals surface area contributed by atoms with Crippen molar-refractivity contribution in [3.8, 4) is 0 Å². The molecule has 1 aromatic carbocycles. The number of hydrazine groups is 1. The smallest absolute Gasteiger partial charge is 0.319 e. The molecule has 0 saturated heterocycles. The molecule has 0 amide bonds. The number of nitrogens with one attached hydrogen (secondary N) is 3. The summed E-state index contributed by atoms with van der Waals surface area (Å²) in [7, 11) is 0. The molecule has 4 N–H and O–H groups in total. The maximum Gasteiger partial charge on any atom is 0.319 e. The predicted octanol–water partition coefficient (Wildman–Crippen LogP) is 0.562. The predicted molar refractivity (Wildman–Crippen MR) is 61.4 cm³/mol. The standard InChI is InChI=1S/C9H11N3O2S/c13-8(14)6-10-12-9(15)11-7-4-2-1-3-5-7/h1-5,10H,6H2,(H,13,14)(H2,11,12,15). The highest BCUT2D eigenvalue weighted by atomic mass is 32.1. The first-order valence-corrected chi connectivity index (χ1v) is 4.66. The highest BCUT2D eigenvalue weighted by Gasteiger charge is 1.97. The van der Waals surface area contributed by atoms with Gasteiger partial charge in [-0.3, -0.25) is 10.2 Å². The van der Waals surface area contributed by atoms with Gasteiger partial charge in [-0.1, -0.05) is 18.2 Å². The lowest BCUT2D eigenvalue weighted by Crippen LogP contribution is -2.42. The van der Waals surface area contributed by atoms with Crippen LogP contribution in [0.25, 0.3) is 0 Å². The van der Waals surface area contributed by atoms with Gasteiger partial charge in [0.15, 0.2) is 5.11 Å². The van der Waals surface area contributed by atoms with E-state index in [1.807, 2.05) is 30.3 Å². The third-order valence-corrected chi connectivity index (χ3v) is 1.68. The van der Waals surface area contributed by atoms with Crippen LogP contribution in [0.4, 0.5) is 5.69 Å². The van der Waals surface area contributed by atoms with Gasteiger partial charge in [0.2, 0.25) is 0 Å². The molecule has 0 atom stereocenters. The molecule has 0 saturated carbocycles. The van der Waals surface area contributed by atoms with Crippen molar-refractivity contribution in [3.63, 3.8) is 0 Å². The summed E-state index contributed by atoms with van der Waals surface area (Å²) >= 11 is 4.91. The van der Waals surface area contributed by atoms with Crippen molar-refractivity contribution in [2.24, 2.45) is 0 Å². The normalized spacial score (nSPS) is 9.33. The fourth-order valence-corrected chi connectivity index (χ4v) is 1.07. The van der Waals surface area contributed by atoms with Crippen LogP contribution in [-0.4, -0.2) is 22.7 Å². The van der Waals surface area contributed by atoms with Crippen molar-refractivity contribution in [3.05, 3.63) is 30.3 Å². The number of thiocarbonyl (C=S) groups is 1. The van der Waals surface area contributed by atoms with Crippen molar-refractivity contribution in [1.82, 2.24) is 10.9 Å². The Bertz CT molecular complexity index is 342. The third-order valence-electron chi connectivity index (χ3n) is 1.47. The van der Waals surface area contributed by atoms with Crippen LogP contribution in [0.2, 0.25) is 0 Å². The molecule has 0 unspecified atom stereocenters. The number of rotatable bonds is 4. The van der Waals surface area contributed by atoms with E-state index in [-0.39, 0.29) is 6.54 Å². The Morgan fingerprint density at radius 3 is 2.60 bits per heavy atom. The monoisotopic (exact) mass is 225 g/mol. The highest BCUT2D eigenvalue weighted by Crippen LogP contribution is 2.03. The topological polar surface area (TPSA) is 73.4 Å². The van der Waals surface area contributed by atoms with E-state index in [4.69, 9.17) is 17.3 Å². The van der Waals surface area contributed by atoms with E-state index in [0.29, 0.717) is 5.11 Å². The van der Waals surface area contributed by atoms with Crippen LogP contribution in [-0.2, 0) is 4.79 Å². The van der Waals surface area contributed by atoms with Gasteiger partial charge in [0.1, 0.15) is 6.54 Å². The Labute approximate surface area is 92.5 Å². The minimum absolute atomic E-state index is 0.198. The van der Waals surface area contributed by atoms with Gasteiger partial charge in [0.05, 0.1) is 0 Å². The fraction of sp³-hybridized carbons (Fsp3) is 0.111. The lowest BCUT2D eigenvalue weighted by molar-refractivity contribution is -0.136. The lowest BCUT2D eigenvalue weighted by atomic mass is 10.3. The molecule has 0 heterocycles. The number of benzene rings is 1. The molecule has 5 nitrogen and oxygen atoms in total. The molecule has 6 heteroatoms. The van der Waals surface area contributed by atoms with Crippen LogP contribution >= 0.6 is 12.2 Å². The SMILES string of the molecule is O=C(O)CNNC(=S)Nc1ccccc1. The van der Waals surface area contributed by atoms with Gasteiger partial charge in [0, 0.05) is 5.69 Å². The molecule has 1 rings (SSSR count). The van der Waals surface area contributed by atoms with Gasteiger partial charge < -0.3 is 10.4 Å². The average Bonchev–Trinajstić information content (AvgIpc) is 2.18. The van der Waals surface area contributed by atoms with Crippen molar-refractivity contribution < 1.29 is 9.90 Å². The summed E-state index contributed by atoms with van der Waals surface area (Å²) in [5.74, 6) is -0.954. The van der Waals surface area contributed by atoms with Gasteiger partial charge >= 0.3 is 5.97 Å². The zero-order valence-electron chi connectivity index (χ0n) is 7.86. The minimum Gasteiger partial charge on any atom is -0.480 e. The van der Waals surface area contributed by atoms with E-state index in [0.717, 1.165) is 5.69 Å². The summed E-state index contributed by atoms with van der Waals surface area (Å²) in [6.45, 7) is -0.198. The molecule has 80 valence electrons. The second-order valence-electron chi connectivity index (χ2n) is 2.69. The van der Waals surface area contributed by atoms with Crippen molar-refractivity contribution >= 4 is 29.0 Å². The molecule has 0 aliphatic carbocycles. The van der Waals surface area contributed by atoms with E-state index in [2.05, 4.69) is 16.2 Å². The fourth-order valence-electron chi connectivity index (χ4n) is 0.884. The second-order valence-corrected chi connectivity index (χ2v) is 3.10. The zero-order chi connectivity index (χ0) is 11.1. The number of hydrogen-bond donors (Lipinski definition) is 4. The molecule has 0 aromatic heterocycles. The van der Waals surface area contributed by atoms with E-state index in [1.54, 1.807) is 0 Å². The lowest BCUT2D eigenvalue weighted by Gasteiger charge is -2.09. The molecular weight excluding hydrogens is 214 g/mol.